The molecule has 0 aromatic rings. The summed E-state index contributed by atoms with van der Waals surface area (Å²) in [6.45, 7) is 2.25. The van der Waals surface area contributed by atoms with E-state index in [0.29, 0.717) is 6.04 Å². The van der Waals surface area contributed by atoms with Gasteiger partial charge in [0.2, 0.25) is 0 Å². The minimum Gasteiger partial charge on any atom is -0.393 e. The number of aliphatic hydroxyl groups excluding tert-OH is 1. The smallest absolute Gasteiger partial charge is 0.315 e. The largest absolute Gasteiger partial charge is 0.393 e. The number of urea groups is 1. The molecule has 4 heteroatoms. The molecule has 2 amide bonds. The molecule has 110 valence electrons. The average molecular weight is 268 g/mol. The molecular weight excluding hydrogens is 240 g/mol. The molecule has 2 rings (SSSR count). The van der Waals surface area contributed by atoms with E-state index < -0.39 is 0 Å². The van der Waals surface area contributed by atoms with Crippen LogP contribution in [0.4, 0.5) is 4.79 Å². The Bertz CT molecular complexity index is 280. The van der Waals surface area contributed by atoms with Crippen LogP contribution in [0.3, 0.4) is 0 Å². The lowest BCUT2D eigenvalue weighted by atomic mass is 9.84. The molecule has 2 aliphatic rings. The van der Waals surface area contributed by atoms with Gasteiger partial charge in [0.05, 0.1) is 6.10 Å². The topological polar surface area (TPSA) is 61.4 Å². The molecule has 2 saturated carbocycles. The summed E-state index contributed by atoms with van der Waals surface area (Å²) in [5, 5.41) is 15.6. The highest BCUT2D eigenvalue weighted by Gasteiger charge is 2.24. The van der Waals surface area contributed by atoms with E-state index >= 15 is 0 Å². The molecule has 2 fully saturated rings. The van der Waals surface area contributed by atoms with Crippen molar-refractivity contribution in [3.63, 3.8) is 0 Å². The van der Waals surface area contributed by atoms with Crippen molar-refractivity contribution >= 4 is 6.03 Å². The zero-order valence-corrected chi connectivity index (χ0v) is 12.0. The second-order valence-corrected chi connectivity index (χ2v) is 6.25. The Morgan fingerprint density at radius 1 is 0.947 bits per heavy atom. The zero-order chi connectivity index (χ0) is 13.7. The van der Waals surface area contributed by atoms with Crippen molar-refractivity contribution < 1.29 is 9.90 Å². The monoisotopic (exact) mass is 268 g/mol. The lowest BCUT2D eigenvalue weighted by molar-refractivity contribution is 0.117. The van der Waals surface area contributed by atoms with Gasteiger partial charge >= 0.3 is 6.03 Å². The third kappa shape index (κ3) is 4.68. The first kappa shape index (κ1) is 14.6. The van der Waals surface area contributed by atoms with Crippen LogP contribution in [-0.4, -0.2) is 29.3 Å². The Hall–Kier alpha value is -0.770. The normalized spacial score (nSPS) is 35.7. The number of nitrogens with one attached hydrogen (secondary N) is 2. The van der Waals surface area contributed by atoms with Gasteiger partial charge in [0.1, 0.15) is 0 Å². The second kappa shape index (κ2) is 7.13. The van der Waals surface area contributed by atoms with Crippen LogP contribution in [0.15, 0.2) is 0 Å². The van der Waals surface area contributed by atoms with Crippen LogP contribution >= 0.6 is 0 Å². The van der Waals surface area contributed by atoms with E-state index in [1.807, 2.05) is 0 Å². The van der Waals surface area contributed by atoms with Crippen LogP contribution < -0.4 is 10.6 Å². The Kier molecular flexibility index (Phi) is 5.49. The fraction of sp³-hybridized carbons (Fsp3) is 0.933. The number of carbonyl (C=O) groups is 1. The van der Waals surface area contributed by atoms with E-state index in [9.17, 15) is 9.90 Å². The van der Waals surface area contributed by atoms with Crippen molar-refractivity contribution in [3.8, 4) is 0 Å². The molecule has 0 aromatic heterocycles. The highest BCUT2D eigenvalue weighted by atomic mass is 16.3. The Morgan fingerprint density at radius 3 is 1.89 bits per heavy atom. The molecule has 2 aliphatic carbocycles. The van der Waals surface area contributed by atoms with E-state index in [2.05, 4.69) is 17.6 Å². The van der Waals surface area contributed by atoms with E-state index in [1.165, 1.54) is 19.3 Å². The summed E-state index contributed by atoms with van der Waals surface area (Å²) in [4.78, 5) is 11.9. The standard InChI is InChI=1S/C15H28N2O2/c1-2-11-3-5-12(6-4-11)16-15(19)17-13-7-9-14(18)10-8-13/h11-14,18H,2-10H2,1H3,(H2,16,17,19). The minimum atomic E-state index is -0.162. The molecule has 0 unspecified atom stereocenters. The number of aliphatic hydroxyl groups is 1. The predicted octanol–water partition coefficient (Wildman–Crippen LogP) is 2.56. The first-order chi connectivity index (χ1) is 9.17. The van der Waals surface area contributed by atoms with Crippen LogP contribution in [0, 0.1) is 5.92 Å². The first-order valence-corrected chi connectivity index (χ1v) is 7.92. The van der Waals surface area contributed by atoms with Gasteiger partial charge in [0.25, 0.3) is 0 Å². The molecular formula is C15H28N2O2. The SMILES string of the molecule is CCC1CCC(NC(=O)NC2CCC(O)CC2)CC1. The van der Waals surface area contributed by atoms with Crippen molar-refractivity contribution in [2.45, 2.75) is 82.9 Å². The molecule has 19 heavy (non-hydrogen) atoms. The molecule has 4 nitrogen and oxygen atoms in total. The maximum Gasteiger partial charge on any atom is 0.315 e. The van der Waals surface area contributed by atoms with E-state index in [-0.39, 0.29) is 18.2 Å². The summed E-state index contributed by atoms with van der Waals surface area (Å²) in [7, 11) is 0. The van der Waals surface area contributed by atoms with Gasteiger partial charge in [-0.25, -0.2) is 4.79 Å². The summed E-state index contributed by atoms with van der Waals surface area (Å²) < 4.78 is 0. The number of rotatable bonds is 3. The van der Waals surface area contributed by atoms with Gasteiger partial charge in [-0.05, 0) is 57.3 Å². The van der Waals surface area contributed by atoms with Crippen molar-refractivity contribution in [3.05, 3.63) is 0 Å². The molecule has 0 spiro atoms. The van der Waals surface area contributed by atoms with Gasteiger partial charge in [-0.15, -0.1) is 0 Å². The molecule has 3 N–H and O–H groups in total. The maximum atomic E-state index is 11.9. The lowest BCUT2D eigenvalue weighted by Crippen LogP contribution is -2.48. The number of amides is 2. The summed E-state index contributed by atoms with van der Waals surface area (Å²) >= 11 is 0. The van der Waals surface area contributed by atoms with Gasteiger partial charge in [-0.2, -0.15) is 0 Å². The summed E-state index contributed by atoms with van der Waals surface area (Å²) in [5.74, 6) is 0.862. The second-order valence-electron chi connectivity index (χ2n) is 6.25. The van der Waals surface area contributed by atoms with Crippen LogP contribution in [0.1, 0.15) is 64.7 Å². The zero-order valence-electron chi connectivity index (χ0n) is 12.0. The van der Waals surface area contributed by atoms with Crippen molar-refractivity contribution in [1.82, 2.24) is 10.6 Å². The molecule has 0 heterocycles. The third-order valence-electron chi connectivity index (χ3n) is 4.79. The van der Waals surface area contributed by atoms with Crippen LogP contribution in [0.5, 0.6) is 0 Å². The van der Waals surface area contributed by atoms with Crippen molar-refractivity contribution in [2.75, 3.05) is 0 Å². The van der Waals surface area contributed by atoms with Crippen LogP contribution in [0.25, 0.3) is 0 Å². The summed E-state index contributed by atoms with van der Waals surface area (Å²) in [6.07, 6.45) is 9.26. The minimum absolute atomic E-state index is 0.0126. The Morgan fingerprint density at radius 2 is 1.42 bits per heavy atom. The molecule has 0 saturated heterocycles. The third-order valence-corrected chi connectivity index (χ3v) is 4.79. The number of carbonyl (C=O) groups excluding carboxylic acids is 1. The number of hydrogen-bond acceptors (Lipinski definition) is 2. The van der Waals surface area contributed by atoms with E-state index in [4.69, 9.17) is 0 Å². The summed E-state index contributed by atoms with van der Waals surface area (Å²) in [6, 6.07) is 0.591. The summed E-state index contributed by atoms with van der Waals surface area (Å²) in [5.41, 5.74) is 0. The number of hydrogen-bond donors (Lipinski definition) is 3. The predicted molar refractivity (Wildman–Crippen MR) is 76.0 cm³/mol. The Labute approximate surface area is 116 Å². The van der Waals surface area contributed by atoms with Crippen molar-refractivity contribution in [2.24, 2.45) is 5.92 Å². The average Bonchev–Trinajstić information content (AvgIpc) is 2.42. The van der Waals surface area contributed by atoms with E-state index in [1.54, 1.807) is 0 Å². The van der Waals surface area contributed by atoms with Gasteiger partial charge in [0, 0.05) is 12.1 Å². The first-order valence-electron chi connectivity index (χ1n) is 7.92. The maximum absolute atomic E-state index is 11.9. The quantitative estimate of drug-likeness (QED) is 0.736. The van der Waals surface area contributed by atoms with E-state index in [0.717, 1.165) is 44.4 Å². The molecule has 0 bridgehead atoms. The highest BCUT2D eigenvalue weighted by molar-refractivity contribution is 5.74. The molecule has 0 aliphatic heterocycles. The van der Waals surface area contributed by atoms with Crippen LogP contribution in [-0.2, 0) is 0 Å². The van der Waals surface area contributed by atoms with Gasteiger partial charge < -0.3 is 15.7 Å². The van der Waals surface area contributed by atoms with Gasteiger partial charge in [0.15, 0.2) is 0 Å². The van der Waals surface area contributed by atoms with Gasteiger partial charge in [-0.1, -0.05) is 13.3 Å². The van der Waals surface area contributed by atoms with Crippen LogP contribution in [0.2, 0.25) is 0 Å². The molecule has 0 radical (unpaired) electrons. The lowest BCUT2D eigenvalue weighted by Gasteiger charge is -2.30. The molecule has 0 aromatic carbocycles. The fourth-order valence-electron chi connectivity index (χ4n) is 3.35. The Balaban J connectivity index is 1.64. The van der Waals surface area contributed by atoms with Gasteiger partial charge in [-0.3, -0.25) is 0 Å². The molecule has 0 atom stereocenters. The highest BCUT2D eigenvalue weighted by Crippen LogP contribution is 2.26. The van der Waals surface area contributed by atoms with Crippen molar-refractivity contribution in [1.29, 1.82) is 0 Å². The fourth-order valence-corrected chi connectivity index (χ4v) is 3.35.